The number of aromatic nitrogens is 1. The van der Waals surface area contributed by atoms with Gasteiger partial charge in [0, 0.05) is 13.1 Å². The summed E-state index contributed by atoms with van der Waals surface area (Å²) in [7, 11) is 3.93. The van der Waals surface area contributed by atoms with Gasteiger partial charge in [-0.05, 0) is 33.2 Å². The van der Waals surface area contributed by atoms with Crippen LogP contribution in [-0.4, -0.2) is 62.8 Å². The molecule has 2 heterocycles. The van der Waals surface area contributed by atoms with E-state index in [2.05, 4.69) is 4.98 Å². The van der Waals surface area contributed by atoms with E-state index in [1.54, 1.807) is 4.90 Å². The molecule has 0 bridgehead atoms. The molecule has 0 unspecified atom stereocenters. The van der Waals surface area contributed by atoms with Crippen LogP contribution in [0.5, 0.6) is 5.75 Å². The molecule has 0 saturated carbocycles. The topological polar surface area (TPSA) is 64.1 Å². The van der Waals surface area contributed by atoms with Gasteiger partial charge in [0.25, 0.3) is 5.91 Å². The molecular weight excluding hydrogens is 390 g/mol. The summed E-state index contributed by atoms with van der Waals surface area (Å²) in [4.78, 5) is 21.3. The summed E-state index contributed by atoms with van der Waals surface area (Å²) in [6.45, 7) is 4.52. The highest BCUT2D eigenvalue weighted by atomic mass is 35.5. The van der Waals surface area contributed by atoms with Crippen LogP contribution in [0.4, 0.5) is 5.13 Å². The largest absolute Gasteiger partial charge is 0.494 e. The maximum Gasteiger partial charge on any atom is 0.298 e. The number of ether oxygens (including phenoxy) is 3. The van der Waals surface area contributed by atoms with E-state index in [-0.39, 0.29) is 24.1 Å². The van der Waals surface area contributed by atoms with Gasteiger partial charge in [-0.3, -0.25) is 9.69 Å². The molecule has 0 N–H and O–H groups in total. The average molecular weight is 414 g/mol. The zero-order chi connectivity index (χ0) is 18.5. The lowest BCUT2D eigenvalue weighted by molar-refractivity contribution is -0.119. The molecule has 0 radical (unpaired) electrons. The number of likely N-dealkylation sites (N-methyl/N-ethyl adjacent to an activating group) is 1. The lowest BCUT2D eigenvalue weighted by Crippen LogP contribution is -2.38. The van der Waals surface area contributed by atoms with Crippen molar-refractivity contribution in [3.63, 3.8) is 0 Å². The van der Waals surface area contributed by atoms with Crippen molar-refractivity contribution in [2.24, 2.45) is 0 Å². The SMILES string of the molecule is CCOc1cccc2sc(N(CCN(C)C)C(=O)C3=COCCO3)nc12.Cl. The Kier molecular flexibility index (Phi) is 7.70. The number of benzene rings is 1. The van der Waals surface area contributed by atoms with Crippen LogP contribution in [0.25, 0.3) is 10.2 Å². The summed E-state index contributed by atoms with van der Waals surface area (Å²) in [6.07, 6.45) is 1.38. The molecule has 1 amide bonds. The van der Waals surface area contributed by atoms with E-state index < -0.39 is 0 Å². The van der Waals surface area contributed by atoms with E-state index in [0.717, 1.165) is 16.0 Å². The number of carbonyl (C=O) groups is 1. The standard InChI is InChI=1S/C18H23N3O4S.ClH/c1-4-24-13-6-5-7-15-16(13)19-18(26-15)21(9-8-20(2)3)17(22)14-12-23-10-11-25-14;/h5-7,12H,4,8-11H2,1-3H3;1H. The van der Waals surface area contributed by atoms with Crippen LogP contribution in [0.1, 0.15) is 6.92 Å². The maximum atomic E-state index is 13.0. The number of fused-ring (bicyclic) bond motifs is 1. The summed E-state index contributed by atoms with van der Waals surface area (Å²) >= 11 is 1.46. The Morgan fingerprint density at radius 1 is 1.30 bits per heavy atom. The third-order valence-electron chi connectivity index (χ3n) is 3.78. The highest BCUT2D eigenvalue weighted by Crippen LogP contribution is 2.34. The lowest BCUT2D eigenvalue weighted by atomic mass is 10.3. The van der Waals surface area contributed by atoms with Crippen molar-refractivity contribution in [2.75, 3.05) is 51.9 Å². The fourth-order valence-electron chi connectivity index (χ4n) is 2.50. The van der Waals surface area contributed by atoms with Gasteiger partial charge in [-0.25, -0.2) is 4.98 Å². The van der Waals surface area contributed by atoms with Gasteiger partial charge in [0.2, 0.25) is 5.76 Å². The Hall–Kier alpha value is -2.03. The minimum absolute atomic E-state index is 0. The molecule has 1 aromatic heterocycles. The first-order valence-electron chi connectivity index (χ1n) is 8.53. The van der Waals surface area contributed by atoms with Gasteiger partial charge in [-0.1, -0.05) is 17.4 Å². The van der Waals surface area contributed by atoms with Crippen molar-refractivity contribution < 1.29 is 19.0 Å². The zero-order valence-corrected chi connectivity index (χ0v) is 17.3. The van der Waals surface area contributed by atoms with Gasteiger partial charge in [-0.15, -0.1) is 12.4 Å². The van der Waals surface area contributed by atoms with Crippen LogP contribution in [0.3, 0.4) is 0 Å². The maximum absolute atomic E-state index is 13.0. The number of nitrogens with zero attached hydrogens (tertiary/aromatic N) is 3. The molecule has 7 nitrogen and oxygen atoms in total. The molecule has 0 aliphatic carbocycles. The summed E-state index contributed by atoms with van der Waals surface area (Å²) in [5, 5.41) is 0.620. The molecule has 9 heteroatoms. The van der Waals surface area contributed by atoms with E-state index in [1.807, 2.05) is 44.1 Å². The van der Waals surface area contributed by atoms with Crippen LogP contribution < -0.4 is 9.64 Å². The molecule has 2 aromatic rings. The second-order valence-corrected chi connectivity index (χ2v) is 7.00. The van der Waals surface area contributed by atoms with E-state index in [9.17, 15) is 4.79 Å². The molecule has 1 aromatic carbocycles. The Labute approximate surface area is 168 Å². The van der Waals surface area contributed by atoms with Gasteiger partial charge < -0.3 is 19.1 Å². The second kappa shape index (κ2) is 9.77. The van der Waals surface area contributed by atoms with Gasteiger partial charge in [-0.2, -0.15) is 0 Å². The number of amides is 1. The van der Waals surface area contributed by atoms with Crippen LogP contribution in [0.2, 0.25) is 0 Å². The van der Waals surface area contributed by atoms with Crippen molar-refractivity contribution >= 4 is 45.0 Å². The minimum Gasteiger partial charge on any atom is -0.494 e. The summed E-state index contributed by atoms with van der Waals surface area (Å²) in [6, 6.07) is 5.80. The first kappa shape index (κ1) is 21.3. The average Bonchev–Trinajstić information content (AvgIpc) is 3.07. The zero-order valence-electron chi connectivity index (χ0n) is 15.6. The Morgan fingerprint density at radius 3 is 2.78 bits per heavy atom. The molecular formula is C18H24ClN3O4S. The molecule has 1 aliphatic rings. The molecule has 1 aliphatic heterocycles. The fourth-order valence-corrected chi connectivity index (χ4v) is 3.50. The van der Waals surface area contributed by atoms with Crippen LogP contribution >= 0.6 is 23.7 Å². The molecule has 3 rings (SSSR count). The van der Waals surface area contributed by atoms with Crippen LogP contribution in [-0.2, 0) is 14.3 Å². The first-order valence-corrected chi connectivity index (χ1v) is 9.35. The molecule has 27 heavy (non-hydrogen) atoms. The van der Waals surface area contributed by atoms with Crippen LogP contribution in [0.15, 0.2) is 30.2 Å². The van der Waals surface area contributed by atoms with E-state index in [0.29, 0.717) is 38.0 Å². The molecule has 0 spiro atoms. The Balaban J connectivity index is 0.00000261. The highest BCUT2D eigenvalue weighted by molar-refractivity contribution is 7.22. The first-order chi connectivity index (χ1) is 12.6. The monoisotopic (exact) mass is 413 g/mol. The Morgan fingerprint density at radius 2 is 2.11 bits per heavy atom. The normalized spacial score (nSPS) is 13.4. The number of para-hydroxylation sites is 1. The highest BCUT2D eigenvalue weighted by Gasteiger charge is 2.26. The van der Waals surface area contributed by atoms with Crippen molar-refractivity contribution in [1.29, 1.82) is 0 Å². The summed E-state index contributed by atoms with van der Waals surface area (Å²) in [5.41, 5.74) is 0.770. The fraction of sp³-hybridized carbons (Fsp3) is 0.444. The van der Waals surface area contributed by atoms with Crippen molar-refractivity contribution in [3.05, 3.63) is 30.2 Å². The number of hydrogen-bond acceptors (Lipinski definition) is 7. The van der Waals surface area contributed by atoms with Crippen molar-refractivity contribution in [2.45, 2.75) is 6.92 Å². The molecule has 148 valence electrons. The third-order valence-corrected chi connectivity index (χ3v) is 4.82. The van der Waals surface area contributed by atoms with Gasteiger partial charge in [0.05, 0.1) is 11.3 Å². The van der Waals surface area contributed by atoms with E-state index in [1.165, 1.54) is 17.6 Å². The number of halogens is 1. The quantitative estimate of drug-likeness (QED) is 0.695. The smallest absolute Gasteiger partial charge is 0.298 e. The summed E-state index contributed by atoms with van der Waals surface area (Å²) in [5.74, 6) is 0.687. The third kappa shape index (κ3) is 5.03. The molecule has 0 saturated heterocycles. The number of anilines is 1. The lowest BCUT2D eigenvalue weighted by Gasteiger charge is -2.24. The molecule has 0 atom stereocenters. The number of thiazole rings is 1. The number of hydrogen-bond donors (Lipinski definition) is 0. The predicted molar refractivity (Wildman–Crippen MR) is 109 cm³/mol. The Bertz CT molecular complexity index is 809. The van der Waals surface area contributed by atoms with E-state index >= 15 is 0 Å². The van der Waals surface area contributed by atoms with Gasteiger partial charge in [0.15, 0.2) is 5.13 Å². The second-order valence-electron chi connectivity index (χ2n) is 5.99. The number of carbonyl (C=O) groups excluding carboxylic acids is 1. The minimum atomic E-state index is -0.247. The van der Waals surface area contributed by atoms with Crippen molar-refractivity contribution in [3.8, 4) is 5.75 Å². The van der Waals surface area contributed by atoms with Crippen molar-refractivity contribution in [1.82, 2.24) is 9.88 Å². The van der Waals surface area contributed by atoms with Gasteiger partial charge >= 0.3 is 0 Å². The summed E-state index contributed by atoms with van der Waals surface area (Å²) < 4.78 is 17.4. The predicted octanol–water partition coefficient (Wildman–Crippen LogP) is 2.90. The van der Waals surface area contributed by atoms with Crippen LogP contribution in [0, 0.1) is 0 Å². The van der Waals surface area contributed by atoms with E-state index in [4.69, 9.17) is 14.2 Å². The number of rotatable bonds is 7. The molecule has 0 fully saturated rings. The van der Waals surface area contributed by atoms with Gasteiger partial charge in [0.1, 0.15) is 30.7 Å².